The van der Waals surface area contributed by atoms with E-state index in [9.17, 15) is 14.8 Å². The number of ether oxygens (including phenoxy) is 1. The van der Waals surface area contributed by atoms with Crippen LogP contribution >= 0.6 is 0 Å². The van der Waals surface area contributed by atoms with Gasteiger partial charge in [-0.2, -0.15) is 0 Å². The maximum absolute atomic E-state index is 10.4. The lowest BCUT2D eigenvalue weighted by molar-refractivity contribution is 0.112. The van der Waals surface area contributed by atoms with Crippen molar-refractivity contribution >= 4 is 6.29 Å². The van der Waals surface area contributed by atoms with Gasteiger partial charge in [-0.15, -0.1) is 4.91 Å². The van der Waals surface area contributed by atoms with Gasteiger partial charge >= 0.3 is 0 Å². The van der Waals surface area contributed by atoms with Gasteiger partial charge in [0.15, 0.2) is 16.8 Å². The SMILES string of the molecule is O=Cc1ccc(OCCCCON=O)c(O)c1. The number of aldehydes is 1. The summed E-state index contributed by atoms with van der Waals surface area (Å²) in [7, 11) is 0. The Bertz CT molecular complexity index is 380. The average Bonchev–Trinajstić information content (AvgIpc) is 2.35. The molecule has 1 rings (SSSR count). The molecule has 6 heteroatoms. The van der Waals surface area contributed by atoms with E-state index in [4.69, 9.17) is 4.74 Å². The van der Waals surface area contributed by atoms with Gasteiger partial charge in [0.25, 0.3) is 0 Å². The Morgan fingerprint density at radius 3 is 2.71 bits per heavy atom. The Labute approximate surface area is 98.1 Å². The fourth-order valence-electron chi connectivity index (χ4n) is 1.22. The molecule has 0 saturated heterocycles. The molecule has 17 heavy (non-hydrogen) atoms. The highest BCUT2D eigenvalue weighted by molar-refractivity contribution is 5.76. The lowest BCUT2D eigenvalue weighted by Gasteiger charge is -2.07. The van der Waals surface area contributed by atoms with E-state index >= 15 is 0 Å². The molecule has 0 saturated carbocycles. The highest BCUT2D eigenvalue weighted by Crippen LogP contribution is 2.26. The first-order chi connectivity index (χ1) is 8.27. The lowest BCUT2D eigenvalue weighted by atomic mass is 10.2. The van der Waals surface area contributed by atoms with Crippen LogP contribution < -0.4 is 4.74 Å². The monoisotopic (exact) mass is 239 g/mol. The van der Waals surface area contributed by atoms with E-state index in [-0.39, 0.29) is 12.4 Å². The molecular weight excluding hydrogens is 226 g/mol. The molecule has 1 aromatic carbocycles. The van der Waals surface area contributed by atoms with Crippen molar-refractivity contribution in [3.8, 4) is 11.5 Å². The number of aromatic hydroxyl groups is 1. The normalized spacial score (nSPS) is 9.65. The number of hydrogen-bond acceptors (Lipinski definition) is 6. The highest BCUT2D eigenvalue weighted by Gasteiger charge is 2.03. The molecule has 0 aliphatic rings. The average molecular weight is 239 g/mol. The van der Waals surface area contributed by atoms with Gasteiger partial charge in [0.2, 0.25) is 0 Å². The number of rotatable bonds is 8. The third kappa shape index (κ3) is 4.50. The molecule has 0 bridgehead atoms. The minimum atomic E-state index is -0.0691. The van der Waals surface area contributed by atoms with E-state index in [2.05, 4.69) is 10.2 Å². The van der Waals surface area contributed by atoms with Gasteiger partial charge in [0, 0.05) is 5.56 Å². The predicted octanol–water partition coefficient (Wildman–Crippen LogP) is 2.06. The van der Waals surface area contributed by atoms with Crippen molar-refractivity contribution in [3.63, 3.8) is 0 Å². The van der Waals surface area contributed by atoms with Crippen LogP contribution in [0, 0.1) is 4.91 Å². The first kappa shape index (κ1) is 13.0. The first-order valence-corrected chi connectivity index (χ1v) is 5.13. The van der Waals surface area contributed by atoms with E-state index in [1.54, 1.807) is 6.07 Å². The minimum absolute atomic E-state index is 0.0691. The van der Waals surface area contributed by atoms with Crippen molar-refractivity contribution in [2.45, 2.75) is 12.8 Å². The summed E-state index contributed by atoms with van der Waals surface area (Å²) in [6, 6.07) is 4.42. The fraction of sp³-hybridized carbons (Fsp3) is 0.364. The molecule has 0 unspecified atom stereocenters. The predicted molar refractivity (Wildman–Crippen MR) is 60.0 cm³/mol. The summed E-state index contributed by atoms with van der Waals surface area (Å²) in [6.07, 6.45) is 1.95. The third-order valence-electron chi connectivity index (χ3n) is 2.06. The van der Waals surface area contributed by atoms with E-state index in [0.717, 1.165) is 0 Å². The summed E-state index contributed by atoms with van der Waals surface area (Å²) in [4.78, 5) is 24.3. The van der Waals surface area contributed by atoms with Crippen LogP contribution in [0.15, 0.2) is 23.5 Å². The number of nitrogens with zero attached hydrogens (tertiary/aromatic N) is 1. The molecule has 0 aromatic heterocycles. The molecule has 0 heterocycles. The molecule has 6 nitrogen and oxygen atoms in total. The van der Waals surface area contributed by atoms with Gasteiger partial charge in [-0.1, -0.05) is 0 Å². The second-order valence-electron chi connectivity index (χ2n) is 3.31. The van der Waals surface area contributed by atoms with Crippen molar-refractivity contribution in [1.29, 1.82) is 0 Å². The Morgan fingerprint density at radius 1 is 1.29 bits per heavy atom. The summed E-state index contributed by atoms with van der Waals surface area (Å²) >= 11 is 0. The number of benzene rings is 1. The number of carbonyl (C=O) groups excluding carboxylic acids is 1. The Morgan fingerprint density at radius 2 is 2.06 bits per heavy atom. The number of unbranched alkanes of at least 4 members (excludes halogenated alkanes) is 1. The zero-order chi connectivity index (χ0) is 12.5. The van der Waals surface area contributed by atoms with Gasteiger partial charge in [-0.05, 0) is 31.0 Å². The maximum atomic E-state index is 10.4. The number of phenols is 1. The smallest absolute Gasteiger partial charge is 0.160 e. The molecule has 0 atom stereocenters. The molecule has 92 valence electrons. The van der Waals surface area contributed by atoms with Gasteiger partial charge in [-0.3, -0.25) is 4.79 Å². The van der Waals surface area contributed by atoms with Crippen LogP contribution in [0.3, 0.4) is 0 Å². The molecule has 0 aliphatic carbocycles. The second-order valence-corrected chi connectivity index (χ2v) is 3.31. The topological polar surface area (TPSA) is 85.2 Å². The van der Waals surface area contributed by atoms with Gasteiger partial charge < -0.3 is 14.7 Å². The summed E-state index contributed by atoms with van der Waals surface area (Å²) in [5.41, 5.74) is 0.389. The standard InChI is InChI=1S/C11H13NO5/c13-8-9-3-4-11(10(14)7-9)16-5-1-2-6-17-12-15/h3-4,7-8,14H,1-2,5-6H2. The maximum Gasteiger partial charge on any atom is 0.160 e. The van der Waals surface area contributed by atoms with E-state index < -0.39 is 0 Å². The van der Waals surface area contributed by atoms with Crippen LogP contribution in [0.4, 0.5) is 0 Å². The zero-order valence-corrected chi connectivity index (χ0v) is 9.17. The van der Waals surface area contributed by atoms with Crippen molar-refractivity contribution in [2.75, 3.05) is 13.2 Å². The van der Waals surface area contributed by atoms with Crippen molar-refractivity contribution in [1.82, 2.24) is 0 Å². The van der Waals surface area contributed by atoms with Crippen LogP contribution in [0.1, 0.15) is 23.2 Å². The zero-order valence-electron chi connectivity index (χ0n) is 9.17. The number of phenolic OH excluding ortho intramolecular Hbond substituents is 1. The van der Waals surface area contributed by atoms with Gasteiger partial charge in [0.1, 0.15) is 12.9 Å². The largest absolute Gasteiger partial charge is 0.504 e. The lowest BCUT2D eigenvalue weighted by Crippen LogP contribution is -1.99. The molecule has 0 radical (unpaired) electrons. The van der Waals surface area contributed by atoms with Crippen LogP contribution in [0.2, 0.25) is 0 Å². The molecule has 0 amide bonds. The van der Waals surface area contributed by atoms with Crippen molar-refractivity contribution < 1.29 is 19.5 Å². The highest BCUT2D eigenvalue weighted by atomic mass is 16.7. The van der Waals surface area contributed by atoms with Gasteiger partial charge in [0.05, 0.1) is 6.61 Å². The molecule has 0 spiro atoms. The van der Waals surface area contributed by atoms with Crippen LogP contribution in [-0.4, -0.2) is 24.6 Å². The fourth-order valence-corrected chi connectivity index (χ4v) is 1.22. The molecule has 0 aliphatic heterocycles. The van der Waals surface area contributed by atoms with E-state index in [0.29, 0.717) is 37.0 Å². The second kappa shape index (κ2) is 7.21. The quantitative estimate of drug-likeness (QED) is 0.325. The Balaban J connectivity index is 2.31. The first-order valence-electron chi connectivity index (χ1n) is 5.13. The van der Waals surface area contributed by atoms with Crippen LogP contribution in [0.5, 0.6) is 11.5 Å². The van der Waals surface area contributed by atoms with Crippen LogP contribution in [-0.2, 0) is 4.84 Å². The summed E-state index contributed by atoms with van der Waals surface area (Å²) in [6.45, 7) is 0.638. The summed E-state index contributed by atoms with van der Waals surface area (Å²) in [5, 5.41) is 11.8. The van der Waals surface area contributed by atoms with E-state index in [1.807, 2.05) is 0 Å². The van der Waals surface area contributed by atoms with Gasteiger partial charge in [-0.25, -0.2) is 0 Å². The van der Waals surface area contributed by atoms with Crippen molar-refractivity contribution in [2.24, 2.45) is 5.34 Å². The molecule has 1 aromatic rings. The summed E-state index contributed by atoms with van der Waals surface area (Å²) < 4.78 is 5.29. The Hall–Kier alpha value is -2.11. The Kier molecular flexibility index (Phi) is 5.50. The number of hydrogen-bond donors (Lipinski definition) is 1. The molecule has 1 N–H and O–H groups in total. The summed E-state index contributed by atoms with van der Waals surface area (Å²) in [5.74, 6) is 0.255. The van der Waals surface area contributed by atoms with Crippen LogP contribution in [0.25, 0.3) is 0 Å². The molecular formula is C11H13NO5. The third-order valence-corrected chi connectivity index (χ3v) is 2.06. The molecule has 0 fully saturated rings. The van der Waals surface area contributed by atoms with Crippen molar-refractivity contribution in [3.05, 3.63) is 28.7 Å². The van der Waals surface area contributed by atoms with E-state index in [1.165, 1.54) is 12.1 Å². The number of carbonyl (C=O) groups is 1. The minimum Gasteiger partial charge on any atom is -0.504 e.